The summed E-state index contributed by atoms with van der Waals surface area (Å²) in [6.07, 6.45) is 0.453. The molecule has 3 rings (SSSR count). The van der Waals surface area contributed by atoms with Gasteiger partial charge in [-0.2, -0.15) is 0 Å². The number of imide groups is 1. The van der Waals surface area contributed by atoms with Crippen molar-refractivity contribution in [1.82, 2.24) is 10.2 Å². The van der Waals surface area contributed by atoms with Gasteiger partial charge in [0.2, 0.25) is 0 Å². The Morgan fingerprint density at radius 2 is 1.78 bits per heavy atom. The largest absolute Gasteiger partial charge is 0.367 e. The van der Waals surface area contributed by atoms with E-state index in [9.17, 15) is 9.59 Å². The topological polar surface area (TPSA) is 58.6 Å². The van der Waals surface area contributed by atoms with Crippen molar-refractivity contribution in [2.24, 2.45) is 0 Å². The highest BCUT2D eigenvalue weighted by Gasteiger charge is 2.67. The van der Waals surface area contributed by atoms with Gasteiger partial charge >= 0.3 is 6.03 Å². The first-order chi connectivity index (χ1) is 10.6. The van der Waals surface area contributed by atoms with Crippen LogP contribution in [0.4, 0.5) is 4.79 Å². The van der Waals surface area contributed by atoms with E-state index in [1.807, 2.05) is 39.8 Å². The number of benzene rings is 1. The number of ether oxygens (including phenoxy) is 1. The first-order valence-electron chi connectivity index (χ1n) is 7.65. The Labute approximate surface area is 140 Å². The molecule has 2 aliphatic heterocycles. The number of rotatable bonds is 2. The molecular weight excluding hydrogens is 316 g/mol. The number of nitrogens with zero attached hydrogens (tertiary/aromatic N) is 1. The number of hydrogen-bond donors (Lipinski definition) is 1. The van der Waals surface area contributed by atoms with Gasteiger partial charge in [0.25, 0.3) is 5.91 Å². The summed E-state index contributed by atoms with van der Waals surface area (Å²) in [5.74, 6) is -0.229. The predicted octanol–water partition coefficient (Wildman–Crippen LogP) is 3.11. The van der Waals surface area contributed by atoms with Gasteiger partial charge < -0.3 is 10.1 Å². The molecule has 5 nitrogen and oxygen atoms in total. The second-order valence-electron chi connectivity index (χ2n) is 7.40. The zero-order valence-electron chi connectivity index (χ0n) is 13.8. The van der Waals surface area contributed by atoms with Crippen LogP contribution < -0.4 is 5.32 Å². The molecule has 1 spiro atoms. The lowest BCUT2D eigenvalue weighted by Crippen LogP contribution is -2.59. The van der Waals surface area contributed by atoms with Crippen LogP contribution in [0.2, 0.25) is 5.02 Å². The summed E-state index contributed by atoms with van der Waals surface area (Å²) in [5.41, 5.74) is -1.40. The second kappa shape index (κ2) is 4.95. The van der Waals surface area contributed by atoms with Crippen molar-refractivity contribution < 1.29 is 14.3 Å². The van der Waals surface area contributed by atoms with Gasteiger partial charge in [-0.05, 0) is 45.4 Å². The van der Waals surface area contributed by atoms with Crippen LogP contribution in [-0.4, -0.2) is 33.6 Å². The fourth-order valence-corrected chi connectivity index (χ4v) is 3.86. The van der Waals surface area contributed by atoms with Crippen LogP contribution in [-0.2, 0) is 16.1 Å². The second-order valence-corrected chi connectivity index (χ2v) is 7.84. The molecule has 1 aromatic carbocycles. The summed E-state index contributed by atoms with van der Waals surface area (Å²) in [5, 5.41) is 3.51. The molecule has 1 atom stereocenters. The van der Waals surface area contributed by atoms with Crippen molar-refractivity contribution in [3.8, 4) is 0 Å². The van der Waals surface area contributed by atoms with E-state index >= 15 is 0 Å². The van der Waals surface area contributed by atoms with Gasteiger partial charge in [0, 0.05) is 11.4 Å². The van der Waals surface area contributed by atoms with Crippen LogP contribution in [0.1, 0.15) is 39.7 Å². The molecule has 1 aromatic rings. The van der Waals surface area contributed by atoms with Gasteiger partial charge in [-0.1, -0.05) is 23.7 Å². The predicted molar refractivity (Wildman–Crippen MR) is 87.1 cm³/mol. The van der Waals surface area contributed by atoms with Gasteiger partial charge in [0.15, 0.2) is 5.54 Å². The molecule has 0 aliphatic carbocycles. The van der Waals surface area contributed by atoms with E-state index in [1.165, 1.54) is 4.90 Å². The third-order valence-electron chi connectivity index (χ3n) is 4.68. The molecule has 0 saturated carbocycles. The first kappa shape index (κ1) is 16.3. The van der Waals surface area contributed by atoms with Crippen LogP contribution in [0.15, 0.2) is 24.3 Å². The Balaban J connectivity index is 1.90. The van der Waals surface area contributed by atoms with E-state index in [0.29, 0.717) is 11.4 Å². The molecule has 3 amide bonds. The third kappa shape index (κ3) is 2.52. The number of urea groups is 1. The fourth-order valence-electron chi connectivity index (χ4n) is 3.74. The average molecular weight is 337 g/mol. The Morgan fingerprint density at radius 1 is 1.17 bits per heavy atom. The van der Waals surface area contributed by atoms with Gasteiger partial charge in [-0.15, -0.1) is 0 Å². The standard InChI is InChI=1S/C17H21ClN2O3/c1-15(2)10-17(16(3,4)23-15)13(21)20(14(22)19-17)9-11-5-7-12(18)8-6-11/h5-8H,9-10H2,1-4H3,(H,19,22)/t17-/m1/s1. The minimum Gasteiger partial charge on any atom is -0.367 e. The normalized spacial score (nSPS) is 28.5. The van der Waals surface area contributed by atoms with Crippen LogP contribution in [0.5, 0.6) is 0 Å². The van der Waals surface area contributed by atoms with E-state index in [1.54, 1.807) is 12.1 Å². The van der Waals surface area contributed by atoms with Gasteiger partial charge in [0.05, 0.1) is 17.7 Å². The average Bonchev–Trinajstić information content (AvgIpc) is 2.76. The van der Waals surface area contributed by atoms with Crippen molar-refractivity contribution in [3.63, 3.8) is 0 Å². The van der Waals surface area contributed by atoms with Gasteiger partial charge in [-0.3, -0.25) is 9.69 Å². The molecule has 1 N–H and O–H groups in total. The summed E-state index contributed by atoms with van der Waals surface area (Å²) in [6, 6.07) is 6.75. The zero-order valence-corrected chi connectivity index (χ0v) is 14.5. The molecule has 6 heteroatoms. The van der Waals surface area contributed by atoms with E-state index in [4.69, 9.17) is 16.3 Å². The Kier molecular flexibility index (Phi) is 3.50. The number of hydrogen-bond acceptors (Lipinski definition) is 3. The Hall–Kier alpha value is -1.59. The van der Waals surface area contributed by atoms with Crippen LogP contribution >= 0.6 is 11.6 Å². The monoisotopic (exact) mass is 336 g/mol. The highest BCUT2D eigenvalue weighted by molar-refractivity contribution is 6.30. The van der Waals surface area contributed by atoms with Crippen molar-refractivity contribution in [2.75, 3.05) is 0 Å². The highest BCUT2D eigenvalue weighted by atomic mass is 35.5. The summed E-state index contributed by atoms with van der Waals surface area (Å²) in [6.45, 7) is 7.80. The molecule has 23 heavy (non-hydrogen) atoms. The van der Waals surface area contributed by atoms with Crippen LogP contribution in [0.25, 0.3) is 0 Å². The Morgan fingerprint density at radius 3 is 2.30 bits per heavy atom. The lowest BCUT2D eigenvalue weighted by atomic mass is 9.79. The molecule has 2 saturated heterocycles. The minimum atomic E-state index is -1.01. The molecule has 2 heterocycles. The van der Waals surface area contributed by atoms with Crippen molar-refractivity contribution >= 4 is 23.5 Å². The quantitative estimate of drug-likeness (QED) is 0.844. The number of carbonyl (C=O) groups is 2. The number of halogens is 1. The lowest BCUT2D eigenvalue weighted by molar-refractivity contribution is -0.138. The first-order valence-corrected chi connectivity index (χ1v) is 8.03. The summed E-state index contributed by atoms with van der Waals surface area (Å²) >= 11 is 5.88. The summed E-state index contributed by atoms with van der Waals surface area (Å²) < 4.78 is 6.03. The van der Waals surface area contributed by atoms with E-state index in [2.05, 4.69) is 5.32 Å². The molecule has 0 bridgehead atoms. The Bertz CT molecular complexity index is 669. The SMILES string of the molecule is CC1(C)C[C@]2(NC(=O)N(Cc3ccc(Cl)cc3)C2=O)C(C)(C)O1. The van der Waals surface area contributed by atoms with Crippen molar-refractivity contribution in [1.29, 1.82) is 0 Å². The molecule has 0 radical (unpaired) electrons. The lowest BCUT2D eigenvalue weighted by Gasteiger charge is -2.33. The third-order valence-corrected chi connectivity index (χ3v) is 4.93. The number of amides is 3. The van der Waals surface area contributed by atoms with Crippen molar-refractivity contribution in [3.05, 3.63) is 34.9 Å². The molecule has 124 valence electrons. The van der Waals surface area contributed by atoms with Crippen LogP contribution in [0.3, 0.4) is 0 Å². The zero-order chi connectivity index (χ0) is 17.0. The van der Waals surface area contributed by atoms with E-state index < -0.39 is 16.7 Å². The summed E-state index contributed by atoms with van der Waals surface area (Å²) in [4.78, 5) is 26.7. The van der Waals surface area contributed by atoms with E-state index in [-0.39, 0.29) is 18.5 Å². The molecular formula is C17H21ClN2O3. The van der Waals surface area contributed by atoms with Gasteiger partial charge in [-0.25, -0.2) is 4.79 Å². The van der Waals surface area contributed by atoms with Gasteiger partial charge in [0.1, 0.15) is 0 Å². The molecule has 0 unspecified atom stereocenters. The molecule has 2 aliphatic rings. The maximum absolute atomic E-state index is 13.1. The minimum absolute atomic E-state index is 0.222. The maximum atomic E-state index is 13.1. The fraction of sp³-hybridized carbons (Fsp3) is 0.529. The summed E-state index contributed by atoms with van der Waals surface area (Å²) in [7, 11) is 0. The maximum Gasteiger partial charge on any atom is 0.325 e. The highest BCUT2D eigenvalue weighted by Crippen LogP contribution is 2.48. The smallest absolute Gasteiger partial charge is 0.325 e. The number of carbonyl (C=O) groups excluding carboxylic acids is 2. The molecule has 0 aromatic heterocycles. The van der Waals surface area contributed by atoms with E-state index in [0.717, 1.165) is 5.56 Å². The molecule has 2 fully saturated rings. The van der Waals surface area contributed by atoms with Crippen LogP contribution in [0, 0.1) is 0 Å². The van der Waals surface area contributed by atoms with Crippen molar-refractivity contribution in [2.45, 2.75) is 57.4 Å². The number of nitrogens with one attached hydrogen (secondary N) is 1.